The second-order valence-corrected chi connectivity index (χ2v) is 6.86. The Balaban J connectivity index is 1.36. The Labute approximate surface area is 157 Å². The third kappa shape index (κ3) is 4.26. The van der Waals surface area contributed by atoms with Gasteiger partial charge in [0.25, 0.3) is 0 Å². The van der Waals surface area contributed by atoms with Crippen LogP contribution in [0.2, 0.25) is 0 Å². The summed E-state index contributed by atoms with van der Waals surface area (Å²) in [5.74, 6) is -0.0767. The molecule has 4 rings (SSSR count). The van der Waals surface area contributed by atoms with Crippen LogP contribution in [0.25, 0.3) is 11.3 Å². The molecule has 0 spiro atoms. The first-order valence-corrected chi connectivity index (χ1v) is 9.27. The number of benzene rings is 1. The van der Waals surface area contributed by atoms with Gasteiger partial charge in [-0.05, 0) is 36.3 Å². The topological polar surface area (TPSA) is 50.6 Å². The Hall–Kier alpha value is -2.51. The fourth-order valence-corrected chi connectivity index (χ4v) is 3.44. The predicted molar refractivity (Wildman–Crippen MR) is 100.0 cm³/mol. The summed E-state index contributed by atoms with van der Waals surface area (Å²) in [6.45, 7) is 4.71. The first kappa shape index (κ1) is 17.9. The standard InChI is InChI=1S/C20H23FN4O2/c21-18-1-3-19(4-2-18)25-14-17(13-22-25)16-5-7-23(8-6-16)15-20(26)24-9-11-27-12-10-24/h1-5,13-14H,6-12,15H2. The molecule has 0 unspecified atom stereocenters. The van der Waals surface area contributed by atoms with Crippen LogP contribution in [0.1, 0.15) is 12.0 Å². The molecule has 2 aromatic rings. The molecule has 1 saturated heterocycles. The van der Waals surface area contributed by atoms with Gasteiger partial charge < -0.3 is 9.64 Å². The van der Waals surface area contributed by atoms with Crippen molar-refractivity contribution in [1.82, 2.24) is 19.6 Å². The maximum Gasteiger partial charge on any atom is 0.236 e. The van der Waals surface area contributed by atoms with Crippen molar-refractivity contribution in [1.29, 1.82) is 0 Å². The van der Waals surface area contributed by atoms with Crippen molar-refractivity contribution >= 4 is 11.5 Å². The molecule has 0 atom stereocenters. The zero-order valence-electron chi connectivity index (χ0n) is 15.2. The van der Waals surface area contributed by atoms with E-state index in [2.05, 4.69) is 16.1 Å². The van der Waals surface area contributed by atoms with E-state index in [0.717, 1.165) is 30.8 Å². The van der Waals surface area contributed by atoms with Crippen molar-refractivity contribution in [3.8, 4) is 5.69 Å². The third-order valence-electron chi connectivity index (χ3n) is 5.06. The SMILES string of the molecule is O=C(CN1CC=C(c2cnn(-c3ccc(F)cc3)c2)CC1)N1CCOCC1. The van der Waals surface area contributed by atoms with Gasteiger partial charge in [-0.25, -0.2) is 9.07 Å². The van der Waals surface area contributed by atoms with Gasteiger partial charge in [-0.2, -0.15) is 5.10 Å². The van der Waals surface area contributed by atoms with Crippen LogP contribution in [0.15, 0.2) is 42.7 Å². The van der Waals surface area contributed by atoms with Crippen LogP contribution < -0.4 is 0 Å². The first-order chi connectivity index (χ1) is 13.2. The molecule has 1 aromatic heterocycles. The summed E-state index contributed by atoms with van der Waals surface area (Å²) >= 11 is 0. The summed E-state index contributed by atoms with van der Waals surface area (Å²) in [6, 6.07) is 6.28. The second-order valence-electron chi connectivity index (χ2n) is 6.86. The van der Waals surface area contributed by atoms with Crippen molar-refractivity contribution in [2.75, 3.05) is 45.9 Å². The maximum absolute atomic E-state index is 13.1. The zero-order chi connectivity index (χ0) is 18.6. The van der Waals surface area contributed by atoms with Gasteiger partial charge in [-0.3, -0.25) is 9.69 Å². The number of amides is 1. The van der Waals surface area contributed by atoms with Crippen molar-refractivity contribution in [3.63, 3.8) is 0 Å². The lowest BCUT2D eigenvalue weighted by Gasteiger charge is -2.31. The molecular formula is C20H23FN4O2. The third-order valence-corrected chi connectivity index (χ3v) is 5.06. The van der Waals surface area contributed by atoms with Crippen LogP contribution in [0, 0.1) is 5.82 Å². The predicted octanol–water partition coefficient (Wildman–Crippen LogP) is 1.96. The Morgan fingerprint density at radius 2 is 1.93 bits per heavy atom. The van der Waals surface area contributed by atoms with E-state index in [1.807, 2.05) is 17.3 Å². The average Bonchev–Trinajstić information content (AvgIpc) is 3.20. The number of hydrogen-bond acceptors (Lipinski definition) is 4. The molecule has 0 aliphatic carbocycles. The summed E-state index contributed by atoms with van der Waals surface area (Å²) in [5, 5.41) is 4.39. The number of carbonyl (C=O) groups is 1. The normalized spacial score (nSPS) is 18.4. The minimum atomic E-state index is -0.257. The maximum atomic E-state index is 13.1. The van der Waals surface area contributed by atoms with Gasteiger partial charge in [0, 0.05) is 37.9 Å². The molecule has 3 heterocycles. The molecule has 2 aliphatic rings. The Morgan fingerprint density at radius 1 is 1.15 bits per heavy atom. The second kappa shape index (κ2) is 8.02. The van der Waals surface area contributed by atoms with Crippen LogP contribution in [0.4, 0.5) is 4.39 Å². The van der Waals surface area contributed by atoms with E-state index in [0.29, 0.717) is 32.8 Å². The molecule has 0 N–H and O–H groups in total. The number of nitrogens with zero attached hydrogens (tertiary/aromatic N) is 4. The van der Waals surface area contributed by atoms with Gasteiger partial charge in [0.05, 0.1) is 31.6 Å². The van der Waals surface area contributed by atoms with Crippen LogP contribution in [0.3, 0.4) is 0 Å². The number of carbonyl (C=O) groups excluding carboxylic acids is 1. The molecule has 0 saturated carbocycles. The Morgan fingerprint density at radius 3 is 2.63 bits per heavy atom. The molecule has 1 amide bonds. The number of hydrogen-bond donors (Lipinski definition) is 0. The van der Waals surface area contributed by atoms with Crippen LogP contribution >= 0.6 is 0 Å². The van der Waals surface area contributed by atoms with Crippen LogP contribution in [-0.2, 0) is 9.53 Å². The largest absolute Gasteiger partial charge is 0.378 e. The first-order valence-electron chi connectivity index (χ1n) is 9.27. The van der Waals surface area contributed by atoms with Gasteiger partial charge in [-0.1, -0.05) is 6.08 Å². The lowest BCUT2D eigenvalue weighted by molar-refractivity contribution is -0.136. The molecule has 6 nitrogen and oxygen atoms in total. The molecule has 0 bridgehead atoms. The Kier molecular flexibility index (Phi) is 5.31. The van der Waals surface area contributed by atoms with E-state index < -0.39 is 0 Å². The molecule has 2 aliphatic heterocycles. The van der Waals surface area contributed by atoms with E-state index in [4.69, 9.17) is 4.74 Å². The quantitative estimate of drug-likeness (QED) is 0.826. The van der Waals surface area contributed by atoms with Gasteiger partial charge in [-0.15, -0.1) is 0 Å². The van der Waals surface area contributed by atoms with Gasteiger partial charge in [0.1, 0.15) is 5.82 Å². The lowest BCUT2D eigenvalue weighted by atomic mass is 10.0. The fourth-order valence-electron chi connectivity index (χ4n) is 3.44. The van der Waals surface area contributed by atoms with Crippen LogP contribution in [0.5, 0.6) is 0 Å². The molecule has 27 heavy (non-hydrogen) atoms. The molecular weight excluding hydrogens is 347 g/mol. The minimum absolute atomic E-state index is 0.180. The lowest BCUT2D eigenvalue weighted by Crippen LogP contribution is -2.46. The van der Waals surface area contributed by atoms with Crippen molar-refractivity contribution in [2.45, 2.75) is 6.42 Å². The summed E-state index contributed by atoms with van der Waals surface area (Å²) < 4.78 is 20.1. The molecule has 142 valence electrons. The number of ether oxygens (including phenoxy) is 1. The zero-order valence-corrected chi connectivity index (χ0v) is 15.2. The van der Waals surface area contributed by atoms with Gasteiger partial charge in [0.2, 0.25) is 5.91 Å². The Bertz CT molecular complexity index is 825. The molecule has 0 radical (unpaired) electrons. The van der Waals surface area contributed by atoms with Crippen molar-refractivity contribution in [2.24, 2.45) is 0 Å². The highest BCUT2D eigenvalue weighted by molar-refractivity contribution is 5.78. The summed E-state index contributed by atoms with van der Waals surface area (Å²) in [6.07, 6.45) is 6.85. The number of morpholine rings is 1. The highest BCUT2D eigenvalue weighted by atomic mass is 19.1. The highest BCUT2D eigenvalue weighted by Crippen LogP contribution is 2.23. The molecule has 1 fully saturated rings. The van der Waals surface area contributed by atoms with E-state index in [1.54, 1.807) is 16.8 Å². The van der Waals surface area contributed by atoms with Crippen molar-refractivity contribution in [3.05, 3.63) is 54.1 Å². The molecule has 7 heteroatoms. The van der Waals surface area contributed by atoms with Gasteiger partial charge in [0.15, 0.2) is 0 Å². The van der Waals surface area contributed by atoms with Crippen LogP contribution in [-0.4, -0.2) is 71.4 Å². The van der Waals surface area contributed by atoms with Gasteiger partial charge >= 0.3 is 0 Å². The van der Waals surface area contributed by atoms with Crippen molar-refractivity contribution < 1.29 is 13.9 Å². The average molecular weight is 370 g/mol. The van der Waals surface area contributed by atoms with E-state index in [-0.39, 0.29) is 11.7 Å². The van der Waals surface area contributed by atoms with E-state index in [1.165, 1.54) is 17.7 Å². The highest BCUT2D eigenvalue weighted by Gasteiger charge is 2.21. The summed E-state index contributed by atoms with van der Waals surface area (Å²) in [5.41, 5.74) is 3.13. The summed E-state index contributed by atoms with van der Waals surface area (Å²) in [7, 11) is 0. The van der Waals surface area contributed by atoms with E-state index >= 15 is 0 Å². The number of halogens is 1. The number of rotatable bonds is 4. The van der Waals surface area contributed by atoms with E-state index in [9.17, 15) is 9.18 Å². The monoisotopic (exact) mass is 370 g/mol. The fraction of sp³-hybridized carbons (Fsp3) is 0.400. The number of aromatic nitrogens is 2. The summed E-state index contributed by atoms with van der Waals surface area (Å²) in [4.78, 5) is 16.4. The minimum Gasteiger partial charge on any atom is -0.378 e. The smallest absolute Gasteiger partial charge is 0.236 e. The molecule has 1 aromatic carbocycles.